The van der Waals surface area contributed by atoms with Crippen molar-refractivity contribution in [2.75, 3.05) is 5.73 Å². The van der Waals surface area contributed by atoms with Crippen LogP contribution in [0.25, 0.3) is 11.0 Å². The number of para-hydroxylation sites is 1. The van der Waals surface area contributed by atoms with Crippen molar-refractivity contribution in [3.63, 3.8) is 0 Å². The van der Waals surface area contributed by atoms with Crippen LogP contribution in [0.15, 0.2) is 28.9 Å². The van der Waals surface area contributed by atoms with Gasteiger partial charge in [0.2, 0.25) is 0 Å². The second-order valence-electron chi connectivity index (χ2n) is 4.85. The molecule has 3 rings (SSSR count). The molecule has 3 nitrogen and oxygen atoms in total. The fourth-order valence-corrected chi connectivity index (χ4v) is 2.65. The number of benzene rings is 1. The molecule has 0 atom stereocenters. The Balaban J connectivity index is 1.78. The van der Waals surface area contributed by atoms with Crippen molar-refractivity contribution < 1.29 is 4.42 Å². The van der Waals surface area contributed by atoms with Gasteiger partial charge in [-0.05, 0) is 18.9 Å². The predicted octanol–water partition coefficient (Wildman–Crippen LogP) is 3.05. The van der Waals surface area contributed by atoms with Crippen LogP contribution in [-0.4, -0.2) is 6.04 Å². The Morgan fingerprint density at radius 3 is 2.94 bits per heavy atom. The number of nitrogen functional groups attached to an aromatic ring is 1. The maximum atomic E-state index is 5.87. The lowest BCUT2D eigenvalue weighted by atomic mass is 10.1. The minimum absolute atomic E-state index is 0.681. The van der Waals surface area contributed by atoms with Crippen molar-refractivity contribution in [1.82, 2.24) is 5.32 Å². The summed E-state index contributed by atoms with van der Waals surface area (Å²) in [6, 6.07) is 6.61. The zero-order valence-corrected chi connectivity index (χ0v) is 9.91. The molecule has 0 aliphatic heterocycles. The number of nitrogens with one attached hydrogen (secondary N) is 1. The fraction of sp³-hybridized carbons (Fsp3) is 0.429. The normalized spacial score (nSPS) is 16.9. The van der Waals surface area contributed by atoms with Crippen LogP contribution in [0.1, 0.15) is 31.2 Å². The highest BCUT2D eigenvalue weighted by atomic mass is 16.3. The molecule has 1 aromatic carbocycles. The minimum atomic E-state index is 0.681. The number of rotatable bonds is 3. The van der Waals surface area contributed by atoms with E-state index in [1.54, 1.807) is 0 Å². The second-order valence-corrected chi connectivity index (χ2v) is 4.85. The molecule has 0 saturated heterocycles. The average Bonchev–Trinajstić information content (AvgIpc) is 2.95. The number of furan rings is 1. The summed E-state index contributed by atoms with van der Waals surface area (Å²) in [6.45, 7) is 0.876. The molecular weight excluding hydrogens is 212 g/mol. The number of fused-ring (bicyclic) bond motifs is 1. The Morgan fingerprint density at radius 1 is 1.29 bits per heavy atom. The van der Waals surface area contributed by atoms with Gasteiger partial charge >= 0.3 is 0 Å². The zero-order chi connectivity index (χ0) is 11.7. The number of hydrogen-bond acceptors (Lipinski definition) is 3. The molecule has 1 aromatic heterocycles. The largest absolute Gasteiger partial charge is 0.462 e. The summed E-state index contributed by atoms with van der Waals surface area (Å²) in [7, 11) is 0. The van der Waals surface area contributed by atoms with Crippen molar-refractivity contribution in [2.24, 2.45) is 0 Å². The number of anilines is 1. The highest BCUT2D eigenvalue weighted by Gasteiger charge is 2.15. The third-order valence-electron chi connectivity index (χ3n) is 3.65. The monoisotopic (exact) mass is 230 g/mol. The van der Waals surface area contributed by atoms with E-state index >= 15 is 0 Å². The summed E-state index contributed by atoms with van der Waals surface area (Å²) in [5, 5.41) is 4.73. The molecule has 0 amide bonds. The van der Waals surface area contributed by atoms with Gasteiger partial charge in [-0.3, -0.25) is 0 Å². The van der Waals surface area contributed by atoms with Gasteiger partial charge in [0.1, 0.15) is 0 Å². The maximum absolute atomic E-state index is 5.87. The van der Waals surface area contributed by atoms with Gasteiger partial charge in [0.25, 0.3) is 0 Å². The van der Waals surface area contributed by atoms with Gasteiger partial charge in [-0.25, -0.2) is 0 Å². The lowest BCUT2D eigenvalue weighted by Crippen LogP contribution is -2.25. The van der Waals surface area contributed by atoms with Crippen LogP contribution in [0.4, 0.5) is 5.69 Å². The molecule has 1 aliphatic carbocycles. The van der Waals surface area contributed by atoms with E-state index in [0.717, 1.165) is 23.2 Å². The van der Waals surface area contributed by atoms with E-state index < -0.39 is 0 Å². The first-order chi connectivity index (χ1) is 8.34. The van der Waals surface area contributed by atoms with Crippen LogP contribution in [0, 0.1) is 0 Å². The summed E-state index contributed by atoms with van der Waals surface area (Å²) in [6.07, 6.45) is 7.15. The Labute approximate surface area is 101 Å². The van der Waals surface area contributed by atoms with E-state index in [-0.39, 0.29) is 0 Å². The third kappa shape index (κ3) is 2.03. The van der Waals surface area contributed by atoms with E-state index in [1.807, 2.05) is 18.4 Å². The van der Waals surface area contributed by atoms with Crippen LogP contribution in [-0.2, 0) is 6.54 Å². The summed E-state index contributed by atoms with van der Waals surface area (Å²) in [4.78, 5) is 0. The lowest BCUT2D eigenvalue weighted by molar-refractivity contribution is 0.520. The Morgan fingerprint density at radius 2 is 2.12 bits per heavy atom. The minimum Gasteiger partial charge on any atom is -0.462 e. The molecule has 2 aromatic rings. The van der Waals surface area contributed by atoms with Gasteiger partial charge in [-0.1, -0.05) is 25.0 Å². The van der Waals surface area contributed by atoms with Crippen LogP contribution >= 0.6 is 0 Å². The quantitative estimate of drug-likeness (QED) is 0.797. The van der Waals surface area contributed by atoms with Crippen LogP contribution in [0.5, 0.6) is 0 Å². The third-order valence-corrected chi connectivity index (χ3v) is 3.65. The number of hydrogen-bond donors (Lipinski definition) is 2. The highest BCUT2D eigenvalue weighted by Crippen LogP contribution is 2.26. The second kappa shape index (κ2) is 4.41. The Hall–Kier alpha value is -1.48. The van der Waals surface area contributed by atoms with Crippen LogP contribution < -0.4 is 11.1 Å². The smallest absolute Gasteiger partial charge is 0.157 e. The molecule has 17 heavy (non-hydrogen) atoms. The first-order valence-corrected chi connectivity index (χ1v) is 6.32. The molecule has 0 spiro atoms. The van der Waals surface area contributed by atoms with Crippen molar-refractivity contribution in [3.05, 3.63) is 30.0 Å². The maximum Gasteiger partial charge on any atom is 0.157 e. The molecule has 0 bridgehead atoms. The molecule has 3 heteroatoms. The molecule has 0 unspecified atom stereocenters. The molecule has 1 aliphatic rings. The summed E-state index contributed by atoms with van der Waals surface area (Å²) < 4.78 is 5.53. The van der Waals surface area contributed by atoms with E-state index in [0.29, 0.717) is 6.04 Å². The van der Waals surface area contributed by atoms with Gasteiger partial charge in [0, 0.05) is 23.5 Å². The fourth-order valence-electron chi connectivity index (χ4n) is 2.65. The van der Waals surface area contributed by atoms with Crippen LogP contribution in [0.2, 0.25) is 0 Å². The first kappa shape index (κ1) is 10.7. The van der Waals surface area contributed by atoms with E-state index in [4.69, 9.17) is 10.2 Å². The average molecular weight is 230 g/mol. The molecule has 90 valence electrons. The van der Waals surface area contributed by atoms with Crippen molar-refractivity contribution in [1.29, 1.82) is 0 Å². The molecule has 1 fully saturated rings. The van der Waals surface area contributed by atoms with Crippen molar-refractivity contribution in [2.45, 2.75) is 38.3 Å². The van der Waals surface area contributed by atoms with E-state index in [1.165, 1.54) is 31.2 Å². The van der Waals surface area contributed by atoms with Gasteiger partial charge in [0.05, 0.1) is 12.0 Å². The van der Waals surface area contributed by atoms with Gasteiger partial charge in [0.15, 0.2) is 5.58 Å². The van der Waals surface area contributed by atoms with Crippen molar-refractivity contribution >= 4 is 16.7 Å². The summed E-state index contributed by atoms with van der Waals surface area (Å²) >= 11 is 0. The van der Waals surface area contributed by atoms with Crippen molar-refractivity contribution in [3.8, 4) is 0 Å². The highest BCUT2D eigenvalue weighted by molar-refractivity contribution is 5.90. The molecule has 1 heterocycles. The zero-order valence-electron chi connectivity index (χ0n) is 9.91. The molecule has 3 N–H and O–H groups in total. The SMILES string of the molecule is Nc1cccc2c(CNC3CCCC3)coc12. The summed E-state index contributed by atoms with van der Waals surface area (Å²) in [5.41, 5.74) is 8.61. The first-order valence-electron chi connectivity index (χ1n) is 6.32. The van der Waals surface area contributed by atoms with E-state index in [9.17, 15) is 0 Å². The Kier molecular flexibility index (Phi) is 2.77. The molecule has 0 radical (unpaired) electrons. The lowest BCUT2D eigenvalue weighted by Gasteiger charge is -2.10. The standard InChI is InChI=1S/C14H18N2O/c15-13-7-3-6-12-10(9-17-14(12)13)8-16-11-4-1-2-5-11/h3,6-7,9,11,16H,1-2,4-5,8,15H2. The Bertz CT molecular complexity index is 512. The molecule has 1 saturated carbocycles. The number of nitrogens with two attached hydrogens (primary N) is 1. The summed E-state index contributed by atoms with van der Waals surface area (Å²) in [5.74, 6) is 0. The van der Waals surface area contributed by atoms with Gasteiger partial charge in [-0.15, -0.1) is 0 Å². The van der Waals surface area contributed by atoms with Gasteiger partial charge < -0.3 is 15.5 Å². The topological polar surface area (TPSA) is 51.2 Å². The predicted molar refractivity (Wildman–Crippen MR) is 69.7 cm³/mol. The van der Waals surface area contributed by atoms with Gasteiger partial charge in [-0.2, -0.15) is 0 Å². The molecular formula is C14H18N2O. The van der Waals surface area contributed by atoms with Crippen LogP contribution in [0.3, 0.4) is 0 Å². The van der Waals surface area contributed by atoms with E-state index in [2.05, 4.69) is 11.4 Å².